The highest BCUT2D eigenvalue weighted by atomic mass is 79.9. The number of nitriles is 1. The zero-order chi connectivity index (χ0) is 11.5. The van der Waals surface area contributed by atoms with E-state index in [1.165, 1.54) is 11.1 Å². The van der Waals surface area contributed by atoms with Gasteiger partial charge in [-0.15, -0.1) is 0 Å². The van der Waals surface area contributed by atoms with Crippen LogP contribution in [0.5, 0.6) is 0 Å². The molecule has 0 amide bonds. The fourth-order valence-electron chi connectivity index (χ4n) is 1.19. The maximum atomic E-state index is 8.87. The summed E-state index contributed by atoms with van der Waals surface area (Å²) < 4.78 is 1.07. The molecule has 0 aliphatic heterocycles. The van der Waals surface area contributed by atoms with Gasteiger partial charge in [-0.05, 0) is 44.0 Å². The molecule has 3 heteroatoms. The lowest BCUT2D eigenvalue weighted by molar-refractivity contribution is 0.484. The summed E-state index contributed by atoms with van der Waals surface area (Å²) in [5, 5.41) is 12.1. The predicted molar refractivity (Wildman–Crippen MR) is 65.4 cm³/mol. The van der Waals surface area contributed by atoms with Crippen LogP contribution in [0.3, 0.4) is 0 Å². The molecule has 80 valence electrons. The molecule has 2 nitrogen and oxygen atoms in total. The van der Waals surface area contributed by atoms with E-state index in [1.54, 1.807) is 0 Å². The number of halogens is 1. The number of rotatable bonds is 3. The van der Waals surface area contributed by atoms with Gasteiger partial charge >= 0.3 is 0 Å². The van der Waals surface area contributed by atoms with E-state index in [9.17, 15) is 0 Å². The van der Waals surface area contributed by atoms with Crippen LogP contribution in [0, 0.1) is 18.3 Å². The van der Waals surface area contributed by atoms with Crippen molar-refractivity contribution < 1.29 is 0 Å². The maximum Gasteiger partial charge on any atom is 0.101 e. The molecule has 15 heavy (non-hydrogen) atoms. The Kier molecular flexibility index (Phi) is 3.90. The monoisotopic (exact) mass is 266 g/mol. The van der Waals surface area contributed by atoms with E-state index in [0.717, 1.165) is 4.47 Å². The summed E-state index contributed by atoms with van der Waals surface area (Å²) in [6.45, 7) is 6.54. The fraction of sp³-hybridized carbons (Fsp3) is 0.417. The minimum atomic E-state index is -0.477. The summed E-state index contributed by atoms with van der Waals surface area (Å²) in [6.07, 6.45) is 0. The van der Waals surface area contributed by atoms with Crippen molar-refractivity contribution in [3.05, 3.63) is 33.8 Å². The van der Waals surface area contributed by atoms with E-state index in [1.807, 2.05) is 19.9 Å². The predicted octanol–water partition coefficient (Wildman–Crippen LogP) is 3.15. The zero-order valence-electron chi connectivity index (χ0n) is 9.26. The summed E-state index contributed by atoms with van der Waals surface area (Å²) in [5.41, 5.74) is 1.97. The maximum absolute atomic E-state index is 8.87. The quantitative estimate of drug-likeness (QED) is 0.913. The van der Waals surface area contributed by atoms with Crippen LogP contribution in [0.1, 0.15) is 25.0 Å². The number of nitrogens with one attached hydrogen (secondary N) is 1. The van der Waals surface area contributed by atoms with Crippen LogP contribution >= 0.6 is 15.9 Å². The second-order valence-corrected chi connectivity index (χ2v) is 5.08. The van der Waals surface area contributed by atoms with Crippen molar-refractivity contribution >= 4 is 15.9 Å². The molecule has 0 heterocycles. The van der Waals surface area contributed by atoms with Crippen LogP contribution in [0.25, 0.3) is 0 Å². The summed E-state index contributed by atoms with van der Waals surface area (Å²) in [4.78, 5) is 0. The molecule has 0 saturated carbocycles. The Labute approximate surface area is 99.4 Å². The van der Waals surface area contributed by atoms with E-state index in [-0.39, 0.29) is 0 Å². The number of hydrogen-bond donors (Lipinski definition) is 1. The second-order valence-electron chi connectivity index (χ2n) is 4.16. The third kappa shape index (κ3) is 3.65. The van der Waals surface area contributed by atoms with Gasteiger partial charge in [0.15, 0.2) is 0 Å². The lowest BCUT2D eigenvalue weighted by Gasteiger charge is -2.18. The van der Waals surface area contributed by atoms with Gasteiger partial charge in [0.1, 0.15) is 5.54 Å². The van der Waals surface area contributed by atoms with Crippen LogP contribution < -0.4 is 5.32 Å². The molecule has 0 aliphatic rings. The average molecular weight is 267 g/mol. The molecule has 1 aromatic carbocycles. The van der Waals surface area contributed by atoms with Gasteiger partial charge in [0.25, 0.3) is 0 Å². The minimum absolute atomic E-state index is 0.477. The molecule has 0 unspecified atom stereocenters. The summed E-state index contributed by atoms with van der Waals surface area (Å²) in [6, 6.07) is 8.39. The highest BCUT2D eigenvalue weighted by Crippen LogP contribution is 2.16. The van der Waals surface area contributed by atoms with Gasteiger partial charge in [-0.1, -0.05) is 22.0 Å². The summed E-state index contributed by atoms with van der Waals surface area (Å²) >= 11 is 3.44. The van der Waals surface area contributed by atoms with E-state index in [4.69, 9.17) is 5.26 Å². The van der Waals surface area contributed by atoms with Gasteiger partial charge in [-0.2, -0.15) is 5.26 Å². The van der Waals surface area contributed by atoms with Crippen LogP contribution in [0.4, 0.5) is 0 Å². The van der Waals surface area contributed by atoms with Crippen molar-refractivity contribution in [2.24, 2.45) is 0 Å². The Balaban J connectivity index is 2.74. The molecule has 0 aromatic heterocycles. The lowest BCUT2D eigenvalue weighted by Crippen LogP contribution is -2.37. The van der Waals surface area contributed by atoms with Gasteiger partial charge < -0.3 is 0 Å². The van der Waals surface area contributed by atoms with Gasteiger partial charge in [0.05, 0.1) is 6.07 Å². The highest BCUT2D eigenvalue weighted by Gasteiger charge is 2.15. The largest absolute Gasteiger partial charge is 0.296 e. The molecule has 0 saturated heterocycles. The van der Waals surface area contributed by atoms with Crippen molar-refractivity contribution in [3.63, 3.8) is 0 Å². The molecule has 0 spiro atoms. The Bertz CT molecular complexity index is 391. The Morgan fingerprint density at radius 1 is 1.47 bits per heavy atom. The van der Waals surface area contributed by atoms with E-state index >= 15 is 0 Å². The van der Waals surface area contributed by atoms with Crippen molar-refractivity contribution in [3.8, 4) is 6.07 Å². The molecular formula is C12H15BrN2. The van der Waals surface area contributed by atoms with E-state index in [0.29, 0.717) is 6.54 Å². The van der Waals surface area contributed by atoms with Gasteiger partial charge in [-0.25, -0.2) is 0 Å². The SMILES string of the molecule is Cc1ccc(Br)cc1CNC(C)(C)C#N. The van der Waals surface area contributed by atoms with E-state index in [2.05, 4.69) is 46.4 Å². The van der Waals surface area contributed by atoms with Crippen LogP contribution in [0.2, 0.25) is 0 Å². The molecule has 1 rings (SSSR count). The smallest absolute Gasteiger partial charge is 0.101 e. The molecule has 0 atom stereocenters. The number of aryl methyl sites for hydroxylation is 1. The number of benzene rings is 1. The molecule has 0 bridgehead atoms. The second kappa shape index (κ2) is 4.78. The summed E-state index contributed by atoms with van der Waals surface area (Å²) in [5.74, 6) is 0. The molecule has 1 aromatic rings. The zero-order valence-corrected chi connectivity index (χ0v) is 10.9. The highest BCUT2D eigenvalue weighted by molar-refractivity contribution is 9.10. The van der Waals surface area contributed by atoms with Crippen molar-refractivity contribution in [1.29, 1.82) is 5.26 Å². The standard InChI is InChI=1S/C12H15BrN2/c1-9-4-5-11(13)6-10(9)7-15-12(2,3)8-14/h4-6,15H,7H2,1-3H3. The lowest BCUT2D eigenvalue weighted by atomic mass is 10.1. The number of hydrogen-bond acceptors (Lipinski definition) is 2. The van der Waals surface area contributed by atoms with Crippen LogP contribution in [0.15, 0.2) is 22.7 Å². The first-order chi connectivity index (χ1) is 6.94. The van der Waals surface area contributed by atoms with Gasteiger partial charge in [-0.3, -0.25) is 5.32 Å². The fourth-order valence-corrected chi connectivity index (χ4v) is 1.59. The van der Waals surface area contributed by atoms with Crippen molar-refractivity contribution in [1.82, 2.24) is 5.32 Å². The topological polar surface area (TPSA) is 35.8 Å². The average Bonchev–Trinajstić information content (AvgIpc) is 2.20. The number of nitrogens with zero attached hydrogens (tertiary/aromatic N) is 1. The first-order valence-electron chi connectivity index (χ1n) is 4.86. The first kappa shape index (κ1) is 12.2. The molecule has 1 N–H and O–H groups in total. The molecule has 0 radical (unpaired) electrons. The first-order valence-corrected chi connectivity index (χ1v) is 5.65. The third-order valence-electron chi connectivity index (χ3n) is 2.31. The minimum Gasteiger partial charge on any atom is -0.296 e. The van der Waals surface area contributed by atoms with E-state index < -0.39 is 5.54 Å². The van der Waals surface area contributed by atoms with Crippen molar-refractivity contribution in [2.45, 2.75) is 32.9 Å². The molecule has 0 aliphatic carbocycles. The van der Waals surface area contributed by atoms with Crippen LogP contribution in [-0.4, -0.2) is 5.54 Å². The van der Waals surface area contributed by atoms with Crippen LogP contribution in [-0.2, 0) is 6.54 Å². The third-order valence-corrected chi connectivity index (χ3v) is 2.80. The molecular weight excluding hydrogens is 252 g/mol. The summed E-state index contributed by atoms with van der Waals surface area (Å²) in [7, 11) is 0. The van der Waals surface area contributed by atoms with Gasteiger partial charge in [0.2, 0.25) is 0 Å². The van der Waals surface area contributed by atoms with Crippen molar-refractivity contribution in [2.75, 3.05) is 0 Å². The Morgan fingerprint density at radius 3 is 2.73 bits per heavy atom. The normalized spacial score (nSPS) is 11.1. The Morgan fingerprint density at radius 2 is 2.13 bits per heavy atom. The van der Waals surface area contributed by atoms with Gasteiger partial charge in [0, 0.05) is 11.0 Å². The molecule has 0 fully saturated rings. The Hall–Kier alpha value is -0.850.